The van der Waals surface area contributed by atoms with Crippen LogP contribution in [0, 0.1) is 6.92 Å². The van der Waals surface area contributed by atoms with E-state index in [0.29, 0.717) is 0 Å². The normalized spacial score (nSPS) is 12.7. The third-order valence-corrected chi connectivity index (χ3v) is 3.59. The molecule has 0 aliphatic heterocycles. The second-order valence-corrected chi connectivity index (χ2v) is 4.71. The van der Waals surface area contributed by atoms with Crippen molar-refractivity contribution in [2.75, 3.05) is 0 Å². The smallest absolute Gasteiger partial charge is 0.131 e. The fourth-order valence-corrected chi connectivity index (χ4v) is 2.38. The molecule has 0 spiro atoms. The van der Waals surface area contributed by atoms with E-state index >= 15 is 0 Å². The minimum atomic E-state index is -0.593. The van der Waals surface area contributed by atoms with Gasteiger partial charge in [-0.15, -0.1) is 11.3 Å². The second kappa shape index (κ2) is 4.76. The van der Waals surface area contributed by atoms with E-state index in [1.165, 1.54) is 16.9 Å². The van der Waals surface area contributed by atoms with Gasteiger partial charge in [-0.05, 0) is 24.5 Å². The topological polar surface area (TPSA) is 33.1 Å². The molecule has 0 bridgehead atoms. The van der Waals surface area contributed by atoms with E-state index in [9.17, 15) is 5.11 Å². The molecule has 1 aromatic carbocycles. The average Bonchev–Trinajstić information content (AvgIpc) is 2.75. The van der Waals surface area contributed by atoms with Crippen LogP contribution in [-0.4, -0.2) is 10.1 Å². The van der Waals surface area contributed by atoms with Crippen LogP contribution in [0.2, 0.25) is 0 Å². The van der Waals surface area contributed by atoms with Crippen molar-refractivity contribution < 1.29 is 5.11 Å². The van der Waals surface area contributed by atoms with Gasteiger partial charge in [-0.1, -0.05) is 31.2 Å². The highest BCUT2D eigenvalue weighted by molar-refractivity contribution is 7.09. The zero-order valence-corrected chi connectivity index (χ0v) is 10.3. The second-order valence-electron chi connectivity index (χ2n) is 3.82. The maximum atomic E-state index is 10.1. The molecule has 1 aromatic heterocycles. The monoisotopic (exact) mass is 233 g/mol. The van der Waals surface area contributed by atoms with Crippen molar-refractivity contribution in [2.45, 2.75) is 26.4 Å². The number of nitrogens with zero attached hydrogens (tertiary/aromatic N) is 1. The van der Waals surface area contributed by atoms with Gasteiger partial charge in [0.25, 0.3) is 0 Å². The molecule has 0 fully saturated rings. The summed E-state index contributed by atoms with van der Waals surface area (Å²) in [7, 11) is 0. The van der Waals surface area contributed by atoms with E-state index in [0.717, 1.165) is 22.7 Å². The van der Waals surface area contributed by atoms with Gasteiger partial charge in [-0.25, -0.2) is 4.98 Å². The summed E-state index contributed by atoms with van der Waals surface area (Å²) in [5.41, 5.74) is 3.15. The highest BCUT2D eigenvalue weighted by Gasteiger charge is 2.13. The Kier molecular flexibility index (Phi) is 3.36. The molecule has 2 rings (SSSR count). The molecular weight excluding hydrogens is 218 g/mol. The van der Waals surface area contributed by atoms with Crippen molar-refractivity contribution in [2.24, 2.45) is 0 Å². The van der Waals surface area contributed by atoms with Crippen molar-refractivity contribution >= 4 is 11.3 Å². The predicted molar refractivity (Wildman–Crippen MR) is 66.7 cm³/mol. The van der Waals surface area contributed by atoms with Crippen LogP contribution < -0.4 is 0 Å². The lowest BCUT2D eigenvalue weighted by atomic mass is 10.1. The van der Waals surface area contributed by atoms with Crippen LogP contribution >= 0.6 is 11.3 Å². The molecule has 0 amide bonds. The minimum Gasteiger partial charge on any atom is -0.381 e. The summed E-state index contributed by atoms with van der Waals surface area (Å²) in [6.45, 7) is 4.06. The van der Waals surface area contributed by atoms with Crippen molar-refractivity contribution in [3.63, 3.8) is 0 Å². The van der Waals surface area contributed by atoms with Gasteiger partial charge in [0.15, 0.2) is 0 Å². The number of hydrogen-bond donors (Lipinski definition) is 1. The highest BCUT2D eigenvalue weighted by atomic mass is 32.1. The number of rotatable bonds is 3. The summed E-state index contributed by atoms with van der Waals surface area (Å²) >= 11 is 1.50. The molecule has 0 saturated carbocycles. The molecule has 3 heteroatoms. The van der Waals surface area contributed by atoms with E-state index in [2.05, 4.69) is 24.0 Å². The zero-order chi connectivity index (χ0) is 11.5. The number of thiazole rings is 1. The Morgan fingerprint density at radius 2 is 2.00 bits per heavy atom. The Morgan fingerprint density at radius 1 is 1.31 bits per heavy atom. The van der Waals surface area contributed by atoms with Crippen LogP contribution in [0.5, 0.6) is 0 Å². The van der Waals surface area contributed by atoms with Crippen LogP contribution in [0.25, 0.3) is 0 Å². The van der Waals surface area contributed by atoms with E-state index in [-0.39, 0.29) is 0 Å². The first-order valence-electron chi connectivity index (χ1n) is 5.39. The third-order valence-electron chi connectivity index (χ3n) is 2.57. The summed E-state index contributed by atoms with van der Waals surface area (Å²) < 4.78 is 0. The van der Waals surface area contributed by atoms with Crippen LogP contribution in [0.15, 0.2) is 29.6 Å². The Morgan fingerprint density at radius 3 is 2.50 bits per heavy atom. The molecule has 1 N–H and O–H groups in total. The number of benzene rings is 1. The Bertz CT molecular complexity index is 461. The molecule has 16 heavy (non-hydrogen) atoms. The number of aliphatic hydroxyl groups is 1. The highest BCUT2D eigenvalue weighted by Crippen LogP contribution is 2.24. The first-order valence-corrected chi connectivity index (χ1v) is 6.27. The molecule has 84 valence electrons. The quantitative estimate of drug-likeness (QED) is 0.883. The SMILES string of the molecule is CCc1ccc(C(O)c2nc(C)cs2)cc1. The summed E-state index contributed by atoms with van der Waals surface area (Å²) in [6, 6.07) is 8.05. The largest absolute Gasteiger partial charge is 0.381 e. The van der Waals surface area contributed by atoms with Gasteiger partial charge < -0.3 is 5.11 Å². The molecule has 0 aliphatic carbocycles. The number of aromatic nitrogens is 1. The summed E-state index contributed by atoms with van der Waals surface area (Å²) in [5.74, 6) is 0. The van der Waals surface area contributed by atoms with Crippen LogP contribution in [0.1, 0.15) is 34.9 Å². The molecule has 0 aliphatic rings. The number of aryl methyl sites for hydroxylation is 2. The Labute approximate surface area is 99.6 Å². The van der Waals surface area contributed by atoms with E-state index in [4.69, 9.17) is 0 Å². The van der Waals surface area contributed by atoms with Crippen molar-refractivity contribution in [3.8, 4) is 0 Å². The summed E-state index contributed by atoms with van der Waals surface area (Å²) in [5, 5.41) is 12.8. The zero-order valence-electron chi connectivity index (χ0n) is 9.47. The van der Waals surface area contributed by atoms with Gasteiger partial charge in [-0.3, -0.25) is 0 Å². The van der Waals surface area contributed by atoms with Crippen molar-refractivity contribution in [1.82, 2.24) is 4.98 Å². The summed E-state index contributed by atoms with van der Waals surface area (Å²) in [4.78, 5) is 4.30. The maximum absolute atomic E-state index is 10.1. The van der Waals surface area contributed by atoms with Crippen LogP contribution in [0.3, 0.4) is 0 Å². The minimum absolute atomic E-state index is 0.593. The maximum Gasteiger partial charge on any atom is 0.131 e. The van der Waals surface area contributed by atoms with Gasteiger partial charge in [0.1, 0.15) is 11.1 Å². The first kappa shape index (κ1) is 11.3. The molecule has 1 heterocycles. The Hall–Kier alpha value is -1.19. The summed E-state index contributed by atoms with van der Waals surface area (Å²) in [6.07, 6.45) is 0.428. The van der Waals surface area contributed by atoms with Crippen LogP contribution in [-0.2, 0) is 6.42 Å². The predicted octanol–water partition coefficient (Wildman–Crippen LogP) is 3.10. The molecule has 0 saturated heterocycles. The van der Waals surface area contributed by atoms with Gasteiger partial charge in [-0.2, -0.15) is 0 Å². The standard InChI is InChI=1S/C13H15NOS/c1-3-10-4-6-11(7-5-10)12(15)13-14-9(2)8-16-13/h4-8,12,15H,3H2,1-2H3. The fraction of sp³-hybridized carbons (Fsp3) is 0.308. The van der Waals surface area contributed by atoms with Crippen LogP contribution in [0.4, 0.5) is 0 Å². The lowest BCUT2D eigenvalue weighted by Gasteiger charge is -2.08. The molecule has 2 aromatic rings. The fourth-order valence-electron chi connectivity index (χ4n) is 1.58. The van der Waals surface area contributed by atoms with Crippen molar-refractivity contribution in [3.05, 3.63) is 51.5 Å². The molecule has 1 unspecified atom stereocenters. The number of hydrogen-bond acceptors (Lipinski definition) is 3. The molecule has 0 radical (unpaired) electrons. The van der Waals surface area contributed by atoms with E-state index in [1.54, 1.807) is 0 Å². The molecule has 2 nitrogen and oxygen atoms in total. The van der Waals surface area contributed by atoms with Gasteiger partial charge in [0, 0.05) is 11.1 Å². The lowest BCUT2D eigenvalue weighted by Crippen LogP contribution is -1.99. The third kappa shape index (κ3) is 2.31. The number of aliphatic hydroxyl groups excluding tert-OH is 1. The van der Waals surface area contributed by atoms with E-state index in [1.807, 2.05) is 24.4 Å². The lowest BCUT2D eigenvalue weighted by molar-refractivity contribution is 0.219. The van der Waals surface area contributed by atoms with Gasteiger partial charge in [0.2, 0.25) is 0 Å². The Balaban J connectivity index is 2.23. The first-order chi connectivity index (χ1) is 7.70. The van der Waals surface area contributed by atoms with E-state index < -0.39 is 6.10 Å². The average molecular weight is 233 g/mol. The molecular formula is C13H15NOS. The van der Waals surface area contributed by atoms with Gasteiger partial charge >= 0.3 is 0 Å². The van der Waals surface area contributed by atoms with Crippen molar-refractivity contribution in [1.29, 1.82) is 0 Å². The molecule has 1 atom stereocenters. The van der Waals surface area contributed by atoms with Gasteiger partial charge in [0.05, 0.1) is 0 Å².